The van der Waals surface area contributed by atoms with Crippen molar-refractivity contribution in [3.63, 3.8) is 0 Å². The number of carboxylic acids is 1. The highest BCUT2D eigenvalue weighted by molar-refractivity contribution is 5.95. The molecule has 0 unspecified atom stereocenters. The molecule has 5 heteroatoms. The van der Waals surface area contributed by atoms with Crippen LogP contribution in [0.25, 0.3) is 6.08 Å². The quantitative estimate of drug-likeness (QED) is 0.819. The Morgan fingerprint density at radius 1 is 1.38 bits per heavy atom. The Kier molecular flexibility index (Phi) is 6.09. The predicted octanol–water partition coefficient (Wildman–Crippen LogP) is 3.18. The van der Waals surface area contributed by atoms with Crippen LogP contribution in [0.4, 0.5) is 4.39 Å². The minimum absolute atomic E-state index is 0.00428. The van der Waals surface area contributed by atoms with Crippen LogP contribution >= 0.6 is 0 Å². The van der Waals surface area contributed by atoms with E-state index in [4.69, 9.17) is 5.11 Å². The first-order chi connectivity index (χ1) is 9.86. The molecule has 0 fully saturated rings. The number of carbonyl (C=O) groups is 2. The van der Waals surface area contributed by atoms with Gasteiger partial charge in [0.15, 0.2) is 0 Å². The Hall–Kier alpha value is -2.17. The minimum Gasteiger partial charge on any atom is -0.478 e. The molecule has 0 saturated carbocycles. The third-order valence-corrected chi connectivity index (χ3v) is 2.99. The molecule has 0 spiro atoms. The molecule has 0 heterocycles. The highest BCUT2D eigenvalue weighted by Gasteiger charge is 2.20. The van der Waals surface area contributed by atoms with Gasteiger partial charge >= 0.3 is 5.97 Å². The van der Waals surface area contributed by atoms with Crippen LogP contribution in [0.1, 0.15) is 43.1 Å². The van der Waals surface area contributed by atoms with Crippen molar-refractivity contribution >= 4 is 18.0 Å². The normalized spacial score (nSPS) is 11.1. The average Bonchev–Trinajstić information content (AvgIpc) is 2.41. The van der Waals surface area contributed by atoms with E-state index in [-0.39, 0.29) is 17.5 Å². The molecule has 0 aliphatic heterocycles. The number of amides is 1. The molecule has 0 atom stereocenters. The topological polar surface area (TPSA) is 57.6 Å². The van der Waals surface area contributed by atoms with Gasteiger partial charge in [-0.05, 0) is 44.0 Å². The lowest BCUT2D eigenvalue weighted by molar-refractivity contribution is -0.131. The van der Waals surface area contributed by atoms with Crippen molar-refractivity contribution in [3.05, 3.63) is 41.2 Å². The van der Waals surface area contributed by atoms with E-state index in [1.165, 1.54) is 18.2 Å². The average molecular weight is 293 g/mol. The third-order valence-electron chi connectivity index (χ3n) is 2.99. The highest BCUT2D eigenvalue weighted by atomic mass is 19.1. The molecule has 4 nitrogen and oxygen atoms in total. The van der Waals surface area contributed by atoms with Crippen LogP contribution in [0.15, 0.2) is 24.3 Å². The summed E-state index contributed by atoms with van der Waals surface area (Å²) in [5, 5.41) is 8.54. The Morgan fingerprint density at radius 3 is 2.52 bits per heavy atom. The first-order valence-electron chi connectivity index (χ1n) is 6.88. The van der Waals surface area contributed by atoms with E-state index in [1.54, 1.807) is 4.90 Å². The fraction of sp³-hybridized carbons (Fsp3) is 0.375. The summed E-state index contributed by atoms with van der Waals surface area (Å²) >= 11 is 0. The summed E-state index contributed by atoms with van der Waals surface area (Å²) in [4.78, 5) is 24.4. The van der Waals surface area contributed by atoms with Gasteiger partial charge in [-0.2, -0.15) is 0 Å². The number of rotatable bonds is 6. The molecule has 1 N–H and O–H groups in total. The van der Waals surface area contributed by atoms with Gasteiger partial charge in [0, 0.05) is 18.7 Å². The first kappa shape index (κ1) is 16.9. The smallest absolute Gasteiger partial charge is 0.328 e. The predicted molar refractivity (Wildman–Crippen MR) is 79.5 cm³/mol. The monoisotopic (exact) mass is 293 g/mol. The molecule has 0 aliphatic rings. The van der Waals surface area contributed by atoms with Crippen LogP contribution in [-0.4, -0.2) is 34.5 Å². The van der Waals surface area contributed by atoms with Crippen LogP contribution in [0, 0.1) is 5.82 Å². The Balaban J connectivity index is 3.03. The first-order valence-corrected chi connectivity index (χ1v) is 6.88. The number of hydrogen-bond donors (Lipinski definition) is 1. The van der Waals surface area contributed by atoms with E-state index >= 15 is 0 Å². The zero-order valence-corrected chi connectivity index (χ0v) is 12.5. The van der Waals surface area contributed by atoms with Crippen molar-refractivity contribution in [3.8, 4) is 0 Å². The fourth-order valence-corrected chi connectivity index (χ4v) is 1.97. The highest BCUT2D eigenvalue weighted by Crippen LogP contribution is 2.16. The van der Waals surface area contributed by atoms with E-state index in [0.717, 1.165) is 18.6 Å². The van der Waals surface area contributed by atoms with Gasteiger partial charge in [-0.3, -0.25) is 4.79 Å². The van der Waals surface area contributed by atoms with Gasteiger partial charge in [-0.1, -0.05) is 13.0 Å². The van der Waals surface area contributed by atoms with Gasteiger partial charge in [0.2, 0.25) is 0 Å². The number of aliphatic carboxylic acids is 1. The van der Waals surface area contributed by atoms with E-state index < -0.39 is 11.8 Å². The lowest BCUT2D eigenvalue weighted by Gasteiger charge is -2.26. The fourth-order valence-electron chi connectivity index (χ4n) is 1.97. The molecule has 0 bridgehead atoms. The lowest BCUT2D eigenvalue weighted by Crippen LogP contribution is -2.38. The van der Waals surface area contributed by atoms with Crippen molar-refractivity contribution in [2.24, 2.45) is 0 Å². The van der Waals surface area contributed by atoms with Crippen molar-refractivity contribution in [1.82, 2.24) is 4.90 Å². The minimum atomic E-state index is -1.11. The molecule has 1 amide bonds. The molecule has 1 rings (SSSR count). The molecule has 21 heavy (non-hydrogen) atoms. The summed E-state index contributed by atoms with van der Waals surface area (Å²) in [5.41, 5.74) is 0.405. The number of hydrogen-bond acceptors (Lipinski definition) is 2. The summed E-state index contributed by atoms with van der Waals surface area (Å²) in [7, 11) is 0. The van der Waals surface area contributed by atoms with Gasteiger partial charge in [0.25, 0.3) is 5.91 Å². The van der Waals surface area contributed by atoms with E-state index in [1.807, 2.05) is 20.8 Å². The zero-order valence-electron chi connectivity index (χ0n) is 12.5. The van der Waals surface area contributed by atoms with Crippen LogP contribution in [0.3, 0.4) is 0 Å². The second-order valence-electron chi connectivity index (χ2n) is 5.00. The van der Waals surface area contributed by atoms with Gasteiger partial charge < -0.3 is 10.0 Å². The van der Waals surface area contributed by atoms with Gasteiger partial charge in [-0.15, -0.1) is 0 Å². The van der Waals surface area contributed by atoms with Gasteiger partial charge in [-0.25, -0.2) is 9.18 Å². The van der Waals surface area contributed by atoms with Crippen molar-refractivity contribution in [2.45, 2.75) is 33.2 Å². The molecule has 0 aliphatic carbocycles. The molecule has 1 aromatic rings. The number of carbonyl (C=O) groups excluding carboxylic acids is 1. The zero-order chi connectivity index (χ0) is 16.0. The second kappa shape index (κ2) is 7.57. The summed E-state index contributed by atoms with van der Waals surface area (Å²) in [6.07, 6.45) is 3.00. The Labute approximate surface area is 123 Å². The van der Waals surface area contributed by atoms with Crippen LogP contribution < -0.4 is 0 Å². The van der Waals surface area contributed by atoms with Crippen LogP contribution in [0.2, 0.25) is 0 Å². The summed E-state index contributed by atoms with van der Waals surface area (Å²) in [6, 6.07) is 4.07. The van der Waals surface area contributed by atoms with E-state index in [9.17, 15) is 14.0 Å². The second-order valence-corrected chi connectivity index (χ2v) is 5.00. The lowest BCUT2D eigenvalue weighted by atomic mass is 10.1. The Bertz CT molecular complexity index is 552. The molecule has 0 radical (unpaired) electrons. The van der Waals surface area contributed by atoms with Crippen molar-refractivity contribution < 1.29 is 19.1 Å². The summed E-state index contributed by atoms with van der Waals surface area (Å²) in [6.45, 7) is 6.29. The molecule has 1 aromatic carbocycles. The summed E-state index contributed by atoms with van der Waals surface area (Å²) in [5.74, 6) is -2.10. The maximum Gasteiger partial charge on any atom is 0.328 e. The van der Waals surface area contributed by atoms with Gasteiger partial charge in [0.1, 0.15) is 5.82 Å². The van der Waals surface area contributed by atoms with Crippen molar-refractivity contribution in [1.29, 1.82) is 0 Å². The van der Waals surface area contributed by atoms with Crippen molar-refractivity contribution in [2.75, 3.05) is 6.54 Å². The van der Waals surface area contributed by atoms with E-state index in [0.29, 0.717) is 12.1 Å². The number of nitrogens with zero attached hydrogens (tertiary/aromatic N) is 1. The Morgan fingerprint density at radius 2 is 2.05 bits per heavy atom. The molecular formula is C16H20FNO3. The van der Waals surface area contributed by atoms with Crippen LogP contribution in [0.5, 0.6) is 0 Å². The largest absolute Gasteiger partial charge is 0.478 e. The number of carboxylic acid groups (broad SMARTS) is 1. The molecule has 0 saturated heterocycles. The third kappa shape index (κ3) is 4.70. The molecule has 0 aromatic heterocycles. The SMILES string of the molecule is CCCN(C(=O)c1ccc(C=CC(=O)O)cc1F)C(C)C. The van der Waals surface area contributed by atoms with Gasteiger partial charge in [0.05, 0.1) is 5.56 Å². The summed E-state index contributed by atoms with van der Waals surface area (Å²) < 4.78 is 14.1. The van der Waals surface area contributed by atoms with E-state index in [2.05, 4.69) is 0 Å². The molecule has 114 valence electrons. The molecular weight excluding hydrogens is 273 g/mol. The maximum atomic E-state index is 14.1. The number of benzene rings is 1. The standard InChI is InChI=1S/C16H20FNO3/c1-4-9-18(11(2)3)16(21)13-7-5-12(10-14(13)17)6-8-15(19)20/h5-8,10-11H,4,9H2,1-3H3,(H,19,20). The number of halogens is 1. The van der Waals surface area contributed by atoms with Crippen LogP contribution in [-0.2, 0) is 4.79 Å². The maximum absolute atomic E-state index is 14.1.